The molecule has 0 amide bonds. The van der Waals surface area contributed by atoms with Gasteiger partial charge in [-0.2, -0.15) is 4.99 Å². The molecule has 0 N–H and O–H groups in total. The second kappa shape index (κ2) is 5.83. The Kier molecular flexibility index (Phi) is 3.65. The van der Waals surface area contributed by atoms with E-state index >= 15 is 0 Å². The highest BCUT2D eigenvalue weighted by molar-refractivity contribution is 7.80. The zero-order chi connectivity index (χ0) is 16.7. The SMILES string of the molecule is COc1ccc(C2=NC(=S)C3Cc4cc(C)ccc4OC3=N2)cc1. The Balaban J connectivity index is 1.69. The number of aliphatic imine (C=N–C) groups is 2. The molecule has 24 heavy (non-hydrogen) atoms. The van der Waals surface area contributed by atoms with E-state index in [1.54, 1.807) is 7.11 Å². The van der Waals surface area contributed by atoms with Gasteiger partial charge in [0.2, 0.25) is 5.90 Å². The van der Waals surface area contributed by atoms with E-state index in [4.69, 9.17) is 21.7 Å². The number of nitrogens with zero attached hydrogens (tertiary/aromatic N) is 2. The number of ether oxygens (including phenoxy) is 2. The van der Waals surface area contributed by atoms with Crippen LogP contribution < -0.4 is 9.47 Å². The lowest BCUT2D eigenvalue weighted by Gasteiger charge is -2.28. The van der Waals surface area contributed by atoms with E-state index in [9.17, 15) is 0 Å². The fourth-order valence-electron chi connectivity index (χ4n) is 2.93. The molecule has 4 rings (SSSR count). The monoisotopic (exact) mass is 336 g/mol. The van der Waals surface area contributed by atoms with Gasteiger partial charge in [-0.15, -0.1) is 0 Å². The number of benzene rings is 2. The fourth-order valence-corrected chi connectivity index (χ4v) is 3.20. The summed E-state index contributed by atoms with van der Waals surface area (Å²) in [4.78, 5) is 9.77. The molecule has 4 nitrogen and oxygen atoms in total. The highest BCUT2D eigenvalue weighted by Gasteiger charge is 2.33. The first-order valence-corrected chi connectivity index (χ1v) is 8.18. The third-order valence-electron chi connectivity index (χ3n) is 4.23. The molecule has 2 aliphatic heterocycles. The Morgan fingerprint density at radius 3 is 2.67 bits per heavy atom. The van der Waals surface area contributed by atoms with Gasteiger partial charge < -0.3 is 9.47 Å². The summed E-state index contributed by atoms with van der Waals surface area (Å²) in [7, 11) is 1.64. The molecule has 0 aliphatic carbocycles. The first-order chi connectivity index (χ1) is 11.6. The van der Waals surface area contributed by atoms with Crippen LogP contribution in [0.25, 0.3) is 0 Å². The molecular weight excluding hydrogens is 320 g/mol. The molecule has 0 spiro atoms. The van der Waals surface area contributed by atoms with Gasteiger partial charge in [-0.3, -0.25) is 0 Å². The van der Waals surface area contributed by atoms with Gasteiger partial charge >= 0.3 is 0 Å². The van der Waals surface area contributed by atoms with Crippen LogP contribution in [0, 0.1) is 12.8 Å². The molecule has 2 heterocycles. The van der Waals surface area contributed by atoms with Crippen molar-refractivity contribution in [1.82, 2.24) is 0 Å². The zero-order valence-electron chi connectivity index (χ0n) is 13.4. The van der Waals surface area contributed by atoms with Crippen LogP contribution in [-0.4, -0.2) is 23.8 Å². The van der Waals surface area contributed by atoms with Gasteiger partial charge in [0.15, 0.2) is 5.84 Å². The number of amidine groups is 1. The van der Waals surface area contributed by atoms with Gasteiger partial charge in [-0.1, -0.05) is 29.9 Å². The van der Waals surface area contributed by atoms with Crippen molar-refractivity contribution in [3.8, 4) is 11.5 Å². The van der Waals surface area contributed by atoms with Crippen molar-refractivity contribution >= 4 is 28.9 Å². The van der Waals surface area contributed by atoms with E-state index in [-0.39, 0.29) is 5.92 Å². The topological polar surface area (TPSA) is 43.2 Å². The lowest BCUT2D eigenvalue weighted by Crippen LogP contribution is -2.36. The molecule has 0 fully saturated rings. The molecule has 0 radical (unpaired) electrons. The quantitative estimate of drug-likeness (QED) is 0.785. The van der Waals surface area contributed by atoms with E-state index in [1.807, 2.05) is 36.4 Å². The molecule has 1 unspecified atom stereocenters. The smallest absolute Gasteiger partial charge is 0.207 e. The number of aryl methyl sites for hydroxylation is 1. The van der Waals surface area contributed by atoms with Gasteiger partial charge in [-0.05, 0) is 49.2 Å². The van der Waals surface area contributed by atoms with Crippen molar-refractivity contribution in [2.45, 2.75) is 13.3 Å². The Bertz CT molecular complexity index is 885. The molecule has 120 valence electrons. The van der Waals surface area contributed by atoms with Crippen LogP contribution >= 0.6 is 12.2 Å². The van der Waals surface area contributed by atoms with Gasteiger partial charge in [-0.25, -0.2) is 4.99 Å². The average molecular weight is 336 g/mol. The normalized spacial score (nSPS) is 18.8. The molecule has 0 aromatic heterocycles. The molecule has 5 heteroatoms. The van der Waals surface area contributed by atoms with Crippen molar-refractivity contribution in [3.05, 3.63) is 59.2 Å². The largest absolute Gasteiger partial charge is 0.497 e. The lowest BCUT2D eigenvalue weighted by molar-refractivity contribution is 0.415. The predicted octanol–water partition coefficient (Wildman–Crippen LogP) is 3.74. The average Bonchev–Trinajstić information content (AvgIpc) is 2.60. The lowest BCUT2D eigenvalue weighted by atomic mass is 9.93. The molecule has 0 bridgehead atoms. The van der Waals surface area contributed by atoms with E-state index in [0.717, 1.165) is 29.0 Å². The van der Waals surface area contributed by atoms with Gasteiger partial charge in [0.05, 0.1) is 13.0 Å². The number of hydrogen-bond acceptors (Lipinski definition) is 4. The summed E-state index contributed by atoms with van der Waals surface area (Å²) in [6.45, 7) is 2.07. The van der Waals surface area contributed by atoms with Crippen LogP contribution in [0.4, 0.5) is 0 Å². The maximum absolute atomic E-state index is 6.01. The summed E-state index contributed by atoms with van der Waals surface area (Å²) in [5.41, 5.74) is 3.26. The molecule has 2 aliphatic rings. The fraction of sp³-hybridized carbons (Fsp3) is 0.211. The van der Waals surface area contributed by atoms with Gasteiger partial charge in [0.1, 0.15) is 16.5 Å². The van der Waals surface area contributed by atoms with Crippen molar-refractivity contribution < 1.29 is 9.47 Å². The summed E-state index contributed by atoms with van der Waals surface area (Å²) >= 11 is 5.52. The van der Waals surface area contributed by atoms with Crippen LogP contribution in [0.15, 0.2) is 52.4 Å². The first kappa shape index (κ1) is 15.0. The Morgan fingerprint density at radius 1 is 1.12 bits per heavy atom. The third kappa shape index (κ3) is 2.61. The summed E-state index contributed by atoms with van der Waals surface area (Å²) in [6, 6.07) is 13.8. The van der Waals surface area contributed by atoms with Crippen molar-refractivity contribution in [2.75, 3.05) is 7.11 Å². The van der Waals surface area contributed by atoms with Crippen molar-refractivity contribution in [3.63, 3.8) is 0 Å². The van der Waals surface area contributed by atoms with Crippen LogP contribution in [0.1, 0.15) is 16.7 Å². The number of fused-ring (bicyclic) bond motifs is 2. The minimum atomic E-state index is -0.0590. The summed E-state index contributed by atoms with van der Waals surface area (Å²) in [5, 5.41) is 0. The molecule has 0 saturated heterocycles. The van der Waals surface area contributed by atoms with Crippen LogP contribution in [0.3, 0.4) is 0 Å². The maximum Gasteiger partial charge on any atom is 0.207 e. The van der Waals surface area contributed by atoms with Crippen molar-refractivity contribution in [2.24, 2.45) is 15.9 Å². The van der Waals surface area contributed by atoms with Crippen LogP contribution in [0.5, 0.6) is 11.5 Å². The van der Waals surface area contributed by atoms with Crippen LogP contribution in [0.2, 0.25) is 0 Å². The summed E-state index contributed by atoms with van der Waals surface area (Å²) < 4.78 is 11.2. The van der Waals surface area contributed by atoms with Crippen LogP contribution in [-0.2, 0) is 6.42 Å². The minimum Gasteiger partial charge on any atom is -0.497 e. The Labute approximate surface area is 145 Å². The number of methoxy groups -OCH3 is 1. The van der Waals surface area contributed by atoms with E-state index in [2.05, 4.69) is 23.0 Å². The minimum absolute atomic E-state index is 0.0590. The third-order valence-corrected chi connectivity index (χ3v) is 4.61. The zero-order valence-corrected chi connectivity index (χ0v) is 14.3. The van der Waals surface area contributed by atoms with E-state index < -0.39 is 0 Å². The summed E-state index contributed by atoms with van der Waals surface area (Å²) in [6.07, 6.45) is 0.786. The van der Waals surface area contributed by atoms with Crippen molar-refractivity contribution in [1.29, 1.82) is 0 Å². The van der Waals surface area contributed by atoms with E-state index in [1.165, 1.54) is 5.56 Å². The predicted molar refractivity (Wildman–Crippen MR) is 98.6 cm³/mol. The second-order valence-electron chi connectivity index (χ2n) is 5.92. The van der Waals surface area contributed by atoms with E-state index in [0.29, 0.717) is 16.7 Å². The first-order valence-electron chi connectivity index (χ1n) is 7.77. The standard InChI is InChI=1S/C19H16N2O2S/c1-11-3-8-16-13(9-11)10-15-18(23-16)20-17(21-19(15)24)12-4-6-14(22-2)7-5-12/h3-9,15H,10H2,1-2H3. The molecule has 2 aromatic carbocycles. The molecule has 0 saturated carbocycles. The molecule has 1 atom stereocenters. The molecular formula is C19H16N2O2S. The molecule has 2 aromatic rings. The number of hydrogen-bond donors (Lipinski definition) is 0. The number of rotatable bonds is 2. The maximum atomic E-state index is 6.01. The van der Waals surface area contributed by atoms with Gasteiger partial charge in [0.25, 0.3) is 0 Å². The highest BCUT2D eigenvalue weighted by Crippen LogP contribution is 2.32. The Morgan fingerprint density at radius 2 is 1.92 bits per heavy atom. The number of thiocarbonyl (C=S) groups is 1. The second-order valence-corrected chi connectivity index (χ2v) is 6.34. The Hall–Kier alpha value is -2.53. The van der Waals surface area contributed by atoms with Gasteiger partial charge in [0, 0.05) is 5.56 Å². The summed E-state index contributed by atoms with van der Waals surface area (Å²) in [5.74, 6) is 2.81. The highest BCUT2D eigenvalue weighted by atomic mass is 32.1.